The zero-order valence-corrected chi connectivity index (χ0v) is 12.8. The van der Waals surface area contributed by atoms with Gasteiger partial charge in [-0.3, -0.25) is 0 Å². The van der Waals surface area contributed by atoms with E-state index in [9.17, 15) is 0 Å². The molecule has 0 saturated heterocycles. The van der Waals surface area contributed by atoms with E-state index in [2.05, 4.69) is 79.8 Å². The standard InChI is InChI=1S/C20H23N/c1-15-12-16(2)14-20(13-15)21-19-10-8-18(9-11-19)17-6-4-3-5-7-17/h3-11,13,16,20-21H,12,14H2,1-2H3/t16-,20+/m1/s1. The van der Waals surface area contributed by atoms with Gasteiger partial charge < -0.3 is 5.32 Å². The Morgan fingerprint density at radius 3 is 2.24 bits per heavy atom. The van der Waals surface area contributed by atoms with Crippen LogP contribution in [0, 0.1) is 5.92 Å². The molecule has 0 aliphatic heterocycles. The number of hydrogen-bond acceptors (Lipinski definition) is 1. The van der Waals surface area contributed by atoms with Gasteiger partial charge in [-0.25, -0.2) is 0 Å². The molecule has 0 radical (unpaired) electrons. The summed E-state index contributed by atoms with van der Waals surface area (Å²) in [4.78, 5) is 0. The third-order valence-corrected chi connectivity index (χ3v) is 4.16. The molecule has 0 heterocycles. The first-order valence-electron chi connectivity index (χ1n) is 7.80. The normalized spacial score (nSPS) is 21.7. The Morgan fingerprint density at radius 1 is 0.905 bits per heavy atom. The van der Waals surface area contributed by atoms with E-state index in [0.717, 1.165) is 5.92 Å². The van der Waals surface area contributed by atoms with Crippen LogP contribution in [0.5, 0.6) is 0 Å². The van der Waals surface area contributed by atoms with Crippen LogP contribution in [-0.2, 0) is 0 Å². The van der Waals surface area contributed by atoms with Gasteiger partial charge in [-0.05, 0) is 48.9 Å². The SMILES string of the molecule is CC1=C[C@H](Nc2ccc(-c3ccccc3)cc2)C[C@H](C)C1. The summed E-state index contributed by atoms with van der Waals surface area (Å²) in [5, 5.41) is 3.64. The molecule has 2 aromatic rings. The monoisotopic (exact) mass is 277 g/mol. The van der Waals surface area contributed by atoms with Gasteiger partial charge in [-0.2, -0.15) is 0 Å². The van der Waals surface area contributed by atoms with Crippen LogP contribution in [0.1, 0.15) is 26.7 Å². The molecule has 0 spiro atoms. The summed E-state index contributed by atoms with van der Waals surface area (Å²) in [5.41, 5.74) is 5.25. The van der Waals surface area contributed by atoms with Gasteiger partial charge in [0.2, 0.25) is 0 Å². The lowest BCUT2D eigenvalue weighted by Gasteiger charge is -2.26. The summed E-state index contributed by atoms with van der Waals surface area (Å²) in [6.45, 7) is 4.58. The van der Waals surface area contributed by atoms with E-state index in [0.29, 0.717) is 6.04 Å². The Balaban J connectivity index is 1.72. The maximum absolute atomic E-state index is 3.64. The second kappa shape index (κ2) is 6.17. The maximum Gasteiger partial charge on any atom is 0.0449 e. The highest BCUT2D eigenvalue weighted by Crippen LogP contribution is 2.27. The number of nitrogens with one attached hydrogen (secondary N) is 1. The van der Waals surface area contributed by atoms with E-state index in [-0.39, 0.29) is 0 Å². The molecule has 0 unspecified atom stereocenters. The third-order valence-electron chi connectivity index (χ3n) is 4.16. The van der Waals surface area contributed by atoms with E-state index in [1.165, 1.54) is 35.2 Å². The minimum atomic E-state index is 0.469. The molecular weight excluding hydrogens is 254 g/mol. The smallest absolute Gasteiger partial charge is 0.0449 e. The Hall–Kier alpha value is -2.02. The van der Waals surface area contributed by atoms with Crippen molar-refractivity contribution in [3.63, 3.8) is 0 Å². The van der Waals surface area contributed by atoms with Crippen LogP contribution in [0.3, 0.4) is 0 Å². The summed E-state index contributed by atoms with van der Waals surface area (Å²) in [7, 11) is 0. The molecule has 0 saturated carbocycles. The summed E-state index contributed by atoms with van der Waals surface area (Å²) in [6, 6.07) is 19.7. The molecule has 1 aliphatic rings. The minimum Gasteiger partial charge on any atom is -0.379 e. The van der Waals surface area contributed by atoms with Crippen molar-refractivity contribution in [3.05, 3.63) is 66.2 Å². The van der Waals surface area contributed by atoms with Crippen molar-refractivity contribution in [2.24, 2.45) is 5.92 Å². The van der Waals surface area contributed by atoms with Crippen molar-refractivity contribution in [2.75, 3.05) is 5.32 Å². The average Bonchev–Trinajstić information content (AvgIpc) is 2.48. The summed E-state index contributed by atoms with van der Waals surface area (Å²) in [5.74, 6) is 0.774. The molecule has 0 amide bonds. The minimum absolute atomic E-state index is 0.469. The highest BCUT2D eigenvalue weighted by Gasteiger charge is 2.17. The lowest BCUT2D eigenvalue weighted by Crippen LogP contribution is -2.23. The van der Waals surface area contributed by atoms with E-state index in [1.807, 2.05) is 0 Å². The van der Waals surface area contributed by atoms with Gasteiger partial charge in [0.25, 0.3) is 0 Å². The molecule has 1 aliphatic carbocycles. The van der Waals surface area contributed by atoms with Gasteiger partial charge in [-0.1, -0.05) is 61.0 Å². The molecule has 2 atom stereocenters. The van der Waals surface area contributed by atoms with Gasteiger partial charge in [0.05, 0.1) is 0 Å². The maximum atomic E-state index is 3.64. The van der Waals surface area contributed by atoms with Gasteiger partial charge in [-0.15, -0.1) is 0 Å². The molecule has 1 nitrogen and oxygen atoms in total. The summed E-state index contributed by atoms with van der Waals surface area (Å²) in [6.07, 6.45) is 4.84. The first-order chi connectivity index (χ1) is 10.2. The van der Waals surface area contributed by atoms with Crippen LogP contribution in [0.15, 0.2) is 66.2 Å². The van der Waals surface area contributed by atoms with Crippen molar-refractivity contribution in [1.82, 2.24) is 0 Å². The second-order valence-electron chi connectivity index (χ2n) is 6.25. The fourth-order valence-corrected chi connectivity index (χ4v) is 3.25. The van der Waals surface area contributed by atoms with Gasteiger partial charge in [0.1, 0.15) is 0 Å². The Kier molecular flexibility index (Phi) is 4.10. The topological polar surface area (TPSA) is 12.0 Å². The summed E-state index contributed by atoms with van der Waals surface area (Å²) < 4.78 is 0. The van der Waals surface area contributed by atoms with Crippen LogP contribution >= 0.6 is 0 Å². The quantitative estimate of drug-likeness (QED) is 0.729. The van der Waals surface area contributed by atoms with Crippen LogP contribution in [-0.4, -0.2) is 6.04 Å². The van der Waals surface area contributed by atoms with E-state index < -0.39 is 0 Å². The van der Waals surface area contributed by atoms with Crippen LogP contribution in [0.25, 0.3) is 11.1 Å². The Morgan fingerprint density at radius 2 is 1.57 bits per heavy atom. The predicted molar refractivity (Wildman–Crippen MR) is 91.4 cm³/mol. The molecule has 21 heavy (non-hydrogen) atoms. The molecule has 0 fully saturated rings. The molecule has 1 N–H and O–H groups in total. The second-order valence-corrected chi connectivity index (χ2v) is 6.25. The molecule has 108 valence electrons. The number of anilines is 1. The third kappa shape index (κ3) is 3.55. The summed E-state index contributed by atoms with van der Waals surface area (Å²) >= 11 is 0. The highest BCUT2D eigenvalue weighted by atomic mass is 14.9. The lowest BCUT2D eigenvalue weighted by molar-refractivity contribution is 0.485. The lowest BCUT2D eigenvalue weighted by atomic mass is 9.88. The van der Waals surface area contributed by atoms with E-state index in [4.69, 9.17) is 0 Å². The Bertz CT molecular complexity index is 610. The first kappa shape index (κ1) is 13.9. The number of hydrogen-bond donors (Lipinski definition) is 1. The molecular formula is C20H23N. The number of rotatable bonds is 3. The van der Waals surface area contributed by atoms with Crippen molar-refractivity contribution >= 4 is 5.69 Å². The Labute approximate surface area is 127 Å². The predicted octanol–water partition coefficient (Wildman–Crippen LogP) is 5.51. The van der Waals surface area contributed by atoms with Gasteiger partial charge >= 0.3 is 0 Å². The number of allylic oxidation sites excluding steroid dienone is 1. The molecule has 1 heteroatoms. The zero-order chi connectivity index (χ0) is 14.7. The molecule has 0 aromatic heterocycles. The largest absolute Gasteiger partial charge is 0.379 e. The van der Waals surface area contributed by atoms with Gasteiger partial charge in [0.15, 0.2) is 0 Å². The van der Waals surface area contributed by atoms with E-state index in [1.54, 1.807) is 0 Å². The zero-order valence-electron chi connectivity index (χ0n) is 12.8. The van der Waals surface area contributed by atoms with Crippen LogP contribution in [0.4, 0.5) is 5.69 Å². The molecule has 0 bridgehead atoms. The molecule has 3 rings (SSSR count). The fraction of sp³-hybridized carbons (Fsp3) is 0.300. The number of benzene rings is 2. The van der Waals surface area contributed by atoms with Crippen molar-refractivity contribution < 1.29 is 0 Å². The first-order valence-corrected chi connectivity index (χ1v) is 7.80. The van der Waals surface area contributed by atoms with Gasteiger partial charge in [0, 0.05) is 11.7 Å². The molecule has 2 aromatic carbocycles. The van der Waals surface area contributed by atoms with Crippen LogP contribution < -0.4 is 5.32 Å². The van der Waals surface area contributed by atoms with Crippen LogP contribution in [0.2, 0.25) is 0 Å². The fourth-order valence-electron chi connectivity index (χ4n) is 3.25. The average molecular weight is 277 g/mol. The van der Waals surface area contributed by atoms with Crippen molar-refractivity contribution in [2.45, 2.75) is 32.7 Å². The van der Waals surface area contributed by atoms with Crippen molar-refractivity contribution in [1.29, 1.82) is 0 Å². The van der Waals surface area contributed by atoms with E-state index >= 15 is 0 Å². The van der Waals surface area contributed by atoms with Crippen molar-refractivity contribution in [3.8, 4) is 11.1 Å². The highest BCUT2D eigenvalue weighted by molar-refractivity contribution is 5.66.